The summed E-state index contributed by atoms with van der Waals surface area (Å²) >= 11 is 0. The zero-order chi connectivity index (χ0) is 21.8. The van der Waals surface area contributed by atoms with Crippen LogP contribution in [0.2, 0.25) is 0 Å². The Morgan fingerprint density at radius 3 is 2.30 bits per heavy atom. The van der Waals surface area contributed by atoms with Crippen LogP contribution in [0.15, 0.2) is 58.0 Å². The first kappa shape index (κ1) is 20.4. The summed E-state index contributed by atoms with van der Waals surface area (Å²) in [6, 6.07) is 11.4. The monoisotopic (exact) mass is 408 g/mol. The predicted molar refractivity (Wildman–Crippen MR) is 108 cm³/mol. The van der Waals surface area contributed by atoms with Gasteiger partial charge in [0.25, 0.3) is 17.3 Å². The van der Waals surface area contributed by atoms with Crippen molar-refractivity contribution >= 4 is 23.5 Å². The van der Waals surface area contributed by atoms with Crippen molar-refractivity contribution < 1.29 is 19.1 Å². The van der Waals surface area contributed by atoms with Gasteiger partial charge in [0.15, 0.2) is 0 Å². The first-order valence-corrected chi connectivity index (χ1v) is 8.70. The second-order valence-corrected chi connectivity index (χ2v) is 6.42. The Morgan fingerprint density at radius 2 is 1.67 bits per heavy atom. The van der Waals surface area contributed by atoms with Gasteiger partial charge in [0, 0.05) is 23.8 Å². The molecule has 152 valence electrons. The van der Waals surface area contributed by atoms with Crippen molar-refractivity contribution in [3.63, 3.8) is 0 Å². The minimum absolute atomic E-state index is 0.0672. The third kappa shape index (κ3) is 4.38. The number of hydrazone groups is 1. The number of hydrogen-bond donors (Lipinski definition) is 1. The number of nitro groups is 2. The highest BCUT2D eigenvalue weighted by Gasteiger charge is 2.19. The van der Waals surface area contributed by atoms with Crippen LogP contribution in [-0.4, -0.2) is 22.0 Å². The lowest BCUT2D eigenvalue weighted by molar-refractivity contribution is -0.384. The molecule has 0 atom stereocenters. The molecular formula is C20H16N4O6. The second-order valence-electron chi connectivity index (χ2n) is 6.42. The van der Waals surface area contributed by atoms with E-state index in [1.165, 1.54) is 36.5 Å². The molecule has 0 unspecified atom stereocenters. The highest BCUT2D eigenvalue weighted by molar-refractivity contribution is 5.95. The summed E-state index contributed by atoms with van der Waals surface area (Å²) in [5.74, 6) is 0.0206. The molecule has 1 heterocycles. The SMILES string of the molecule is Cc1cc(-c2ccc(/C=N\NC(=O)c3ccc([N+](=O)[O-])cc3)o2)c([N+](=O)[O-])cc1C. The lowest BCUT2D eigenvalue weighted by atomic mass is 10.0. The Hall–Kier alpha value is -4.34. The maximum atomic E-state index is 12.0. The number of amides is 1. The Morgan fingerprint density at radius 1 is 1.00 bits per heavy atom. The molecule has 1 aromatic heterocycles. The van der Waals surface area contributed by atoms with Gasteiger partial charge in [-0.25, -0.2) is 5.43 Å². The second kappa shape index (κ2) is 8.35. The molecule has 0 aliphatic carbocycles. The molecule has 0 spiro atoms. The zero-order valence-corrected chi connectivity index (χ0v) is 16.0. The molecule has 3 aromatic rings. The number of aryl methyl sites for hydroxylation is 2. The number of benzene rings is 2. The van der Waals surface area contributed by atoms with E-state index >= 15 is 0 Å². The van der Waals surface area contributed by atoms with Crippen molar-refractivity contribution in [2.24, 2.45) is 5.10 Å². The molecular weight excluding hydrogens is 392 g/mol. The van der Waals surface area contributed by atoms with Crippen LogP contribution in [-0.2, 0) is 0 Å². The molecule has 0 aliphatic heterocycles. The molecule has 0 saturated carbocycles. The number of nitro benzene ring substituents is 2. The zero-order valence-electron chi connectivity index (χ0n) is 16.0. The van der Waals surface area contributed by atoms with E-state index in [1.54, 1.807) is 25.1 Å². The standard InChI is InChI=1S/C20H16N4O6/c1-12-9-17(18(24(28)29)10-13(12)2)19-8-7-16(30-19)11-21-22-20(25)14-3-5-15(6-4-14)23(26)27/h3-11H,1-2H3,(H,22,25)/b21-11-. The third-order valence-corrected chi connectivity index (χ3v) is 4.40. The van der Waals surface area contributed by atoms with Gasteiger partial charge in [-0.15, -0.1) is 0 Å². The van der Waals surface area contributed by atoms with Gasteiger partial charge in [0.05, 0.1) is 21.6 Å². The normalized spacial score (nSPS) is 10.9. The van der Waals surface area contributed by atoms with Crippen molar-refractivity contribution in [3.05, 3.63) is 91.2 Å². The summed E-state index contributed by atoms with van der Waals surface area (Å²) in [4.78, 5) is 33.0. The molecule has 0 aliphatic rings. The Labute approximate surface area is 170 Å². The van der Waals surface area contributed by atoms with Crippen LogP contribution >= 0.6 is 0 Å². The fraction of sp³-hybridized carbons (Fsp3) is 0.100. The van der Waals surface area contributed by atoms with E-state index in [1.807, 2.05) is 6.92 Å². The highest BCUT2D eigenvalue weighted by Crippen LogP contribution is 2.33. The summed E-state index contributed by atoms with van der Waals surface area (Å²) in [6.07, 6.45) is 1.25. The van der Waals surface area contributed by atoms with Crippen molar-refractivity contribution in [1.29, 1.82) is 0 Å². The predicted octanol–water partition coefficient (Wildman–Crippen LogP) is 4.14. The van der Waals surface area contributed by atoms with E-state index < -0.39 is 15.8 Å². The number of nitrogens with one attached hydrogen (secondary N) is 1. The first-order valence-electron chi connectivity index (χ1n) is 8.70. The number of rotatable bonds is 6. The average Bonchev–Trinajstić information content (AvgIpc) is 3.18. The average molecular weight is 408 g/mol. The van der Waals surface area contributed by atoms with Crippen LogP contribution in [0.4, 0.5) is 11.4 Å². The smallest absolute Gasteiger partial charge is 0.280 e. The van der Waals surface area contributed by atoms with E-state index in [0.717, 1.165) is 11.1 Å². The van der Waals surface area contributed by atoms with E-state index in [9.17, 15) is 25.0 Å². The van der Waals surface area contributed by atoms with Crippen LogP contribution in [0.25, 0.3) is 11.3 Å². The first-order chi connectivity index (χ1) is 14.3. The minimum atomic E-state index is -0.561. The van der Waals surface area contributed by atoms with Gasteiger partial charge in [-0.1, -0.05) is 0 Å². The van der Waals surface area contributed by atoms with Gasteiger partial charge in [-0.2, -0.15) is 5.10 Å². The molecule has 0 saturated heterocycles. The molecule has 3 rings (SSSR count). The fourth-order valence-electron chi connectivity index (χ4n) is 2.67. The summed E-state index contributed by atoms with van der Waals surface area (Å²) in [6.45, 7) is 3.64. The Kier molecular flexibility index (Phi) is 5.68. The van der Waals surface area contributed by atoms with Gasteiger partial charge in [-0.3, -0.25) is 25.0 Å². The maximum Gasteiger partial charge on any atom is 0.280 e. The summed E-state index contributed by atoms with van der Waals surface area (Å²) < 4.78 is 5.60. The highest BCUT2D eigenvalue weighted by atomic mass is 16.6. The van der Waals surface area contributed by atoms with Crippen LogP contribution in [0, 0.1) is 34.1 Å². The molecule has 0 radical (unpaired) electrons. The van der Waals surface area contributed by atoms with Gasteiger partial charge in [0.2, 0.25) is 0 Å². The topological polar surface area (TPSA) is 141 Å². The molecule has 1 N–H and O–H groups in total. The summed E-state index contributed by atoms with van der Waals surface area (Å²) in [7, 11) is 0. The maximum absolute atomic E-state index is 12.0. The number of nitrogens with zero attached hydrogens (tertiary/aromatic N) is 3. The van der Waals surface area contributed by atoms with Crippen LogP contribution in [0.1, 0.15) is 27.2 Å². The minimum Gasteiger partial charge on any atom is -0.455 e. The molecule has 0 bridgehead atoms. The van der Waals surface area contributed by atoms with Crippen LogP contribution in [0.5, 0.6) is 0 Å². The van der Waals surface area contributed by atoms with E-state index in [0.29, 0.717) is 11.3 Å². The molecule has 1 amide bonds. The lowest BCUT2D eigenvalue weighted by Gasteiger charge is -2.04. The quantitative estimate of drug-likeness (QED) is 0.369. The largest absolute Gasteiger partial charge is 0.455 e. The lowest BCUT2D eigenvalue weighted by Crippen LogP contribution is -2.17. The number of hydrogen-bond acceptors (Lipinski definition) is 7. The van der Waals surface area contributed by atoms with E-state index in [4.69, 9.17) is 4.42 Å². The van der Waals surface area contributed by atoms with Crippen molar-refractivity contribution in [3.8, 4) is 11.3 Å². The molecule has 30 heavy (non-hydrogen) atoms. The summed E-state index contributed by atoms with van der Waals surface area (Å²) in [5, 5.41) is 25.8. The number of furan rings is 1. The molecule has 10 heteroatoms. The van der Waals surface area contributed by atoms with Gasteiger partial charge in [0.1, 0.15) is 11.5 Å². The van der Waals surface area contributed by atoms with Gasteiger partial charge >= 0.3 is 0 Å². The number of carbonyl (C=O) groups excluding carboxylic acids is 1. The van der Waals surface area contributed by atoms with E-state index in [2.05, 4.69) is 10.5 Å². The molecule has 0 fully saturated rings. The fourth-order valence-corrected chi connectivity index (χ4v) is 2.67. The van der Waals surface area contributed by atoms with Crippen LogP contribution in [0.3, 0.4) is 0 Å². The Balaban J connectivity index is 1.74. The Bertz CT molecular complexity index is 1160. The number of carbonyl (C=O) groups is 1. The van der Waals surface area contributed by atoms with Gasteiger partial charge in [-0.05, 0) is 55.3 Å². The van der Waals surface area contributed by atoms with E-state index in [-0.39, 0.29) is 22.7 Å². The van der Waals surface area contributed by atoms with Crippen molar-refractivity contribution in [1.82, 2.24) is 5.43 Å². The summed E-state index contributed by atoms with van der Waals surface area (Å²) in [5.41, 5.74) is 4.32. The van der Waals surface area contributed by atoms with Crippen molar-refractivity contribution in [2.45, 2.75) is 13.8 Å². The van der Waals surface area contributed by atoms with Gasteiger partial charge < -0.3 is 4.42 Å². The molecule has 2 aromatic carbocycles. The van der Waals surface area contributed by atoms with Crippen LogP contribution < -0.4 is 5.43 Å². The molecule has 10 nitrogen and oxygen atoms in total. The van der Waals surface area contributed by atoms with Crippen molar-refractivity contribution in [2.75, 3.05) is 0 Å². The third-order valence-electron chi connectivity index (χ3n) is 4.40. The number of non-ortho nitro benzene ring substituents is 1.